The van der Waals surface area contributed by atoms with E-state index in [0.717, 1.165) is 26.0 Å². The van der Waals surface area contributed by atoms with Crippen LogP contribution < -0.4 is 5.32 Å². The lowest BCUT2D eigenvalue weighted by Crippen LogP contribution is -2.19. The summed E-state index contributed by atoms with van der Waals surface area (Å²) in [5.74, 6) is -0.144. The van der Waals surface area contributed by atoms with Crippen LogP contribution in [0.4, 0.5) is 4.39 Å². The molecule has 0 radical (unpaired) electrons. The molecule has 0 fully saturated rings. The second-order valence-electron chi connectivity index (χ2n) is 4.38. The SMILES string of the molecule is CNC(c1csc(Br)c1)c1c(C)cc(C)cc1F. The Labute approximate surface area is 119 Å². The van der Waals surface area contributed by atoms with Crippen molar-refractivity contribution in [2.24, 2.45) is 0 Å². The molecule has 2 rings (SSSR count). The van der Waals surface area contributed by atoms with E-state index in [2.05, 4.69) is 21.2 Å². The van der Waals surface area contributed by atoms with Crippen molar-refractivity contribution in [2.75, 3.05) is 7.05 Å². The van der Waals surface area contributed by atoms with Gasteiger partial charge in [0.15, 0.2) is 0 Å². The minimum Gasteiger partial charge on any atom is -0.309 e. The first-order valence-electron chi connectivity index (χ1n) is 5.70. The predicted octanol–water partition coefficient (Wildman–Crippen LogP) is 4.58. The van der Waals surface area contributed by atoms with Gasteiger partial charge in [-0.2, -0.15) is 0 Å². The Morgan fingerprint density at radius 2 is 2.00 bits per heavy atom. The van der Waals surface area contributed by atoms with Crippen LogP contribution in [-0.4, -0.2) is 7.05 Å². The number of hydrogen-bond donors (Lipinski definition) is 1. The van der Waals surface area contributed by atoms with Gasteiger partial charge in [0.1, 0.15) is 5.82 Å². The monoisotopic (exact) mass is 327 g/mol. The fourth-order valence-corrected chi connectivity index (χ4v) is 3.45. The molecule has 0 spiro atoms. The highest BCUT2D eigenvalue weighted by Gasteiger charge is 2.19. The predicted molar refractivity (Wildman–Crippen MR) is 78.8 cm³/mol. The Morgan fingerprint density at radius 3 is 2.50 bits per heavy atom. The lowest BCUT2D eigenvalue weighted by molar-refractivity contribution is 0.572. The normalized spacial score (nSPS) is 12.7. The van der Waals surface area contributed by atoms with E-state index in [4.69, 9.17) is 0 Å². The lowest BCUT2D eigenvalue weighted by atomic mass is 9.95. The quantitative estimate of drug-likeness (QED) is 0.870. The van der Waals surface area contributed by atoms with Gasteiger partial charge >= 0.3 is 0 Å². The van der Waals surface area contributed by atoms with Crippen molar-refractivity contribution >= 4 is 27.3 Å². The van der Waals surface area contributed by atoms with Crippen LogP contribution >= 0.6 is 27.3 Å². The fraction of sp³-hybridized carbons (Fsp3) is 0.286. The molecule has 1 N–H and O–H groups in total. The molecule has 0 aliphatic rings. The Bertz CT molecular complexity index is 542. The molecule has 0 amide bonds. The molecule has 4 heteroatoms. The highest BCUT2D eigenvalue weighted by Crippen LogP contribution is 2.32. The molecule has 1 unspecified atom stereocenters. The zero-order chi connectivity index (χ0) is 13.3. The van der Waals surface area contributed by atoms with Crippen molar-refractivity contribution in [2.45, 2.75) is 19.9 Å². The van der Waals surface area contributed by atoms with Gasteiger partial charge in [0.05, 0.1) is 9.83 Å². The van der Waals surface area contributed by atoms with Gasteiger partial charge in [-0.25, -0.2) is 4.39 Å². The topological polar surface area (TPSA) is 12.0 Å². The average molecular weight is 328 g/mol. The zero-order valence-corrected chi connectivity index (χ0v) is 13.0. The molecule has 1 atom stereocenters. The molecular weight excluding hydrogens is 313 g/mol. The van der Waals surface area contributed by atoms with Crippen molar-refractivity contribution in [3.63, 3.8) is 0 Å². The van der Waals surface area contributed by atoms with E-state index in [-0.39, 0.29) is 11.9 Å². The molecule has 0 bridgehead atoms. The summed E-state index contributed by atoms with van der Waals surface area (Å²) in [5, 5.41) is 5.24. The number of halogens is 2. The van der Waals surface area contributed by atoms with Crippen LogP contribution in [0.1, 0.15) is 28.3 Å². The van der Waals surface area contributed by atoms with E-state index in [9.17, 15) is 4.39 Å². The van der Waals surface area contributed by atoms with Gasteiger partial charge < -0.3 is 5.32 Å². The summed E-state index contributed by atoms with van der Waals surface area (Å²) in [6.07, 6.45) is 0. The fourth-order valence-electron chi connectivity index (χ4n) is 2.24. The van der Waals surface area contributed by atoms with E-state index in [1.54, 1.807) is 17.4 Å². The third-order valence-corrected chi connectivity index (χ3v) is 4.50. The number of rotatable bonds is 3. The van der Waals surface area contributed by atoms with Crippen LogP contribution in [0, 0.1) is 19.7 Å². The van der Waals surface area contributed by atoms with Gasteiger partial charge in [0, 0.05) is 5.56 Å². The highest BCUT2D eigenvalue weighted by atomic mass is 79.9. The zero-order valence-electron chi connectivity index (χ0n) is 10.6. The van der Waals surface area contributed by atoms with Gasteiger partial charge in [-0.05, 0) is 71.0 Å². The first-order chi connectivity index (χ1) is 8.52. The number of benzene rings is 1. The van der Waals surface area contributed by atoms with E-state index in [0.29, 0.717) is 0 Å². The maximum Gasteiger partial charge on any atom is 0.128 e. The number of hydrogen-bond acceptors (Lipinski definition) is 2. The molecule has 1 aromatic heterocycles. The van der Waals surface area contributed by atoms with Gasteiger partial charge in [0.2, 0.25) is 0 Å². The summed E-state index contributed by atoms with van der Waals surface area (Å²) in [6, 6.07) is 5.54. The second kappa shape index (κ2) is 5.51. The molecule has 0 aliphatic carbocycles. The minimum absolute atomic E-state index is 0.104. The van der Waals surface area contributed by atoms with Crippen LogP contribution in [0.25, 0.3) is 0 Å². The summed E-state index contributed by atoms with van der Waals surface area (Å²) < 4.78 is 15.3. The van der Waals surface area contributed by atoms with Gasteiger partial charge in [-0.3, -0.25) is 0 Å². The highest BCUT2D eigenvalue weighted by molar-refractivity contribution is 9.11. The van der Waals surface area contributed by atoms with Crippen molar-refractivity contribution in [3.8, 4) is 0 Å². The molecule has 2 aromatic rings. The largest absolute Gasteiger partial charge is 0.309 e. The number of nitrogens with one attached hydrogen (secondary N) is 1. The smallest absolute Gasteiger partial charge is 0.128 e. The molecule has 1 heterocycles. The Balaban J connectivity index is 2.51. The van der Waals surface area contributed by atoms with Crippen LogP contribution in [0.5, 0.6) is 0 Å². The Morgan fingerprint density at radius 1 is 1.28 bits per heavy atom. The maximum atomic E-state index is 14.2. The van der Waals surface area contributed by atoms with E-state index in [1.807, 2.05) is 38.4 Å². The summed E-state index contributed by atoms with van der Waals surface area (Å²) in [4.78, 5) is 0. The number of aryl methyl sites for hydroxylation is 2. The summed E-state index contributed by atoms with van der Waals surface area (Å²) >= 11 is 5.06. The standard InChI is InChI=1S/C14H15BrFNS/c1-8-4-9(2)13(11(16)5-8)14(17-3)10-6-12(15)18-7-10/h4-7,14,17H,1-3H3. The lowest BCUT2D eigenvalue weighted by Gasteiger charge is -2.19. The molecule has 0 aliphatic heterocycles. The summed E-state index contributed by atoms with van der Waals surface area (Å²) in [5.41, 5.74) is 3.75. The summed E-state index contributed by atoms with van der Waals surface area (Å²) in [6.45, 7) is 3.87. The second-order valence-corrected chi connectivity index (χ2v) is 6.67. The molecule has 0 saturated carbocycles. The first-order valence-corrected chi connectivity index (χ1v) is 7.38. The van der Waals surface area contributed by atoms with Gasteiger partial charge in [-0.15, -0.1) is 11.3 Å². The van der Waals surface area contributed by atoms with Crippen LogP contribution in [-0.2, 0) is 0 Å². The van der Waals surface area contributed by atoms with Crippen LogP contribution in [0.3, 0.4) is 0 Å². The van der Waals surface area contributed by atoms with Crippen LogP contribution in [0.2, 0.25) is 0 Å². The molecular formula is C14H15BrFNS. The molecule has 96 valence electrons. The van der Waals surface area contributed by atoms with Gasteiger partial charge in [-0.1, -0.05) is 6.07 Å². The molecule has 0 saturated heterocycles. The number of thiophene rings is 1. The minimum atomic E-state index is -0.144. The third-order valence-electron chi connectivity index (χ3n) is 2.98. The maximum absolute atomic E-state index is 14.2. The van der Waals surface area contributed by atoms with Crippen molar-refractivity contribution in [1.82, 2.24) is 5.32 Å². The van der Waals surface area contributed by atoms with Crippen molar-refractivity contribution in [3.05, 3.63) is 55.4 Å². The van der Waals surface area contributed by atoms with Gasteiger partial charge in [0.25, 0.3) is 0 Å². The van der Waals surface area contributed by atoms with E-state index >= 15 is 0 Å². The molecule has 18 heavy (non-hydrogen) atoms. The van der Waals surface area contributed by atoms with Crippen molar-refractivity contribution in [1.29, 1.82) is 0 Å². The Hall–Kier alpha value is -0.710. The van der Waals surface area contributed by atoms with Crippen LogP contribution in [0.15, 0.2) is 27.4 Å². The average Bonchev–Trinajstić information content (AvgIpc) is 2.69. The Kier molecular flexibility index (Phi) is 4.20. The van der Waals surface area contributed by atoms with E-state index < -0.39 is 0 Å². The van der Waals surface area contributed by atoms with Crippen molar-refractivity contribution < 1.29 is 4.39 Å². The molecule has 1 nitrogen and oxygen atoms in total. The first kappa shape index (κ1) is 13.7. The molecule has 1 aromatic carbocycles. The summed E-state index contributed by atoms with van der Waals surface area (Å²) in [7, 11) is 1.86. The third kappa shape index (κ3) is 2.66. The van der Waals surface area contributed by atoms with E-state index in [1.165, 1.54) is 0 Å².